The maximum Gasteiger partial charge on any atom is 0.250 e. The zero-order valence-electron chi connectivity index (χ0n) is 12.0. The fraction of sp³-hybridized carbons (Fsp3) is 0.533. The molecule has 0 saturated heterocycles. The minimum atomic E-state index is 0.546. The molecule has 2 aromatic rings. The molecule has 3 rings (SSSR count). The molecule has 0 aliphatic heterocycles. The number of benzene rings is 1. The van der Waals surface area contributed by atoms with E-state index in [1.165, 1.54) is 32.1 Å². The summed E-state index contributed by atoms with van der Waals surface area (Å²) in [4.78, 5) is 2.36. The van der Waals surface area contributed by atoms with E-state index >= 15 is 0 Å². The summed E-state index contributed by atoms with van der Waals surface area (Å²) >= 11 is 3.56. The summed E-state index contributed by atoms with van der Waals surface area (Å²) in [5, 5.41) is 13.3. The van der Waals surface area contributed by atoms with Crippen molar-refractivity contribution in [3.63, 3.8) is 0 Å². The lowest BCUT2D eigenvalue weighted by Gasteiger charge is -2.34. The number of para-hydroxylation sites is 1. The number of alkyl halides is 1. The van der Waals surface area contributed by atoms with Gasteiger partial charge in [-0.3, -0.25) is 0 Å². The van der Waals surface area contributed by atoms with Crippen molar-refractivity contribution < 1.29 is 0 Å². The van der Waals surface area contributed by atoms with Gasteiger partial charge in [-0.2, -0.15) is 4.68 Å². The van der Waals surface area contributed by atoms with Crippen LogP contribution in [0.25, 0.3) is 5.69 Å². The molecule has 5 nitrogen and oxygen atoms in total. The van der Waals surface area contributed by atoms with Crippen LogP contribution in [-0.2, 0) is 0 Å². The Morgan fingerprint density at radius 1 is 1.14 bits per heavy atom. The molecule has 6 heteroatoms. The fourth-order valence-electron chi connectivity index (χ4n) is 3.03. The molecule has 1 aromatic carbocycles. The van der Waals surface area contributed by atoms with Crippen LogP contribution in [0.15, 0.2) is 30.3 Å². The van der Waals surface area contributed by atoms with Gasteiger partial charge in [0.05, 0.1) is 5.69 Å². The Morgan fingerprint density at radius 2 is 1.90 bits per heavy atom. The summed E-state index contributed by atoms with van der Waals surface area (Å²) < 4.78 is 1.84. The molecular weight excluding hydrogens is 330 g/mol. The first-order chi connectivity index (χ1) is 10.4. The molecule has 112 valence electrons. The van der Waals surface area contributed by atoms with Crippen molar-refractivity contribution in [2.45, 2.75) is 38.1 Å². The van der Waals surface area contributed by atoms with Gasteiger partial charge in [-0.25, -0.2) is 0 Å². The van der Waals surface area contributed by atoms with Gasteiger partial charge in [0.1, 0.15) is 0 Å². The maximum atomic E-state index is 4.29. The number of aromatic nitrogens is 4. The number of tetrazole rings is 1. The SMILES string of the molecule is BrCCN(c1nnnn1-c1ccccc1)C1CCCCC1. The van der Waals surface area contributed by atoms with Crippen LogP contribution in [0.4, 0.5) is 5.95 Å². The van der Waals surface area contributed by atoms with Crippen LogP contribution in [0.2, 0.25) is 0 Å². The van der Waals surface area contributed by atoms with Gasteiger partial charge in [0, 0.05) is 17.9 Å². The largest absolute Gasteiger partial charge is 0.336 e. The van der Waals surface area contributed by atoms with E-state index in [4.69, 9.17) is 0 Å². The van der Waals surface area contributed by atoms with E-state index in [9.17, 15) is 0 Å². The summed E-state index contributed by atoms with van der Waals surface area (Å²) in [5.74, 6) is 0.854. The minimum Gasteiger partial charge on any atom is -0.336 e. The van der Waals surface area contributed by atoms with E-state index in [2.05, 4.69) is 36.4 Å². The third-order valence-corrected chi connectivity index (χ3v) is 4.41. The summed E-state index contributed by atoms with van der Waals surface area (Å²) in [6, 6.07) is 10.6. The Bertz CT molecular complexity index is 550. The van der Waals surface area contributed by atoms with Crippen LogP contribution < -0.4 is 4.90 Å². The molecule has 1 aliphatic carbocycles. The predicted octanol–water partition coefficient (Wildman–Crippen LogP) is 3.20. The standard InChI is InChI=1S/C15H20BrN5/c16-11-12-20(13-7-3-1-4-8-13)15-17-18-19-21(15)14-9-5-2-6-10-14/h2,5-6,9-10,13H,1,3-4,7-8,11-12H2. The van der Waals surface area contributed by atoms with Gasteiger partial charge < -0.3 is 4.90 Å². The van der Waals surface area contributed by atoms with Crippen molar-refractivity contribution in [2.75, 3.05) is 16.8 Å². The molecule has 0 radical (unpaired) electrons. The predicted molar refractivity (Wildman–Crippen MR) is 87.2 cm³/mol. The molecule has 0 atom stereocenters. The van der Waals surface area contributed by atoms with E-state index in [1.54, 1.807) is 0 Å². The normalized spacial score (nSPS) is 16.0. The van der Waals surface area contributed by atoms with Gasteiger partial charge in [-0.05, 0) is 35.4 Å². The first kappa shape index (κ1) is 14.5. The molecule has 1 fully saturated rings. The zero-order chi connectivity index (χ0) is 14.5. The van der Waals surface area contributed by atoms with Gasteiger partial charge in [-0.15, -0.1) is 0 Å². The van der Waals surface area contributed by atoms with Gasteiger partial charge in [0.25, 0.3) is 5.95 Å². The Morgan fingerprint density at radius 3 is 2.62 bits per heavy atom. The second-order valence-electron chi connectivity index (χ2n) is 5.40. The smallest absolute Gasteiger partial charge is 0.250 e. The van der Waals surface area contributed by atoms with Crippen molar-refractivity contribution in [2.24, 2.45) is 0 Å². The lowest BCUT2D eigenvalue weighted by molar-refractivity contribution is 0.413. The first-order valence-corrected chi connectivity index (χ1v) is 8.68. The Kier molecular flexibility index (Phi) is 4.85. The third-order valence-electron chi connectivity index (χ3n) is 4.05. The van der Waals surface area contributed by atoms with Crippen LogP contribution in [0.5, 0.6) is 0 Å². The molecule has 1 aliphatic rings. The monoisotopic (exact) mass is 349 g/mol. The zero-order valence-corrected chi connectivity index (χ0v) is 13.6. The molecule has 1 heterocycles. The average molecular weight is 350 g/mol. The average Bonchev–Trinajstić information content (AvgIpc) is 3.03. The molecular formula is C15H20BrN5. The summed E-state index contributed by atoms with van der Waals surface area (Å²) in [6.07, 6.45) is 6.41. The minimum absolute atomic E-state index is 0.546. The van der Waals surface area contributed by atoms with Crippen molar-refractivity contribution in [3.8, 4) is 5.69 Å². The molecule has 0 N–H and O–H groups in total. The van der Waals surface area contributed by atoms with Gasteiger partial charge >= 0.3 is 0 Å². The Labute approximate surface area is 133 Å². The molecule has 0 spiro atoms. The third kappa shape index (κ3) is 3.26. The van der Waals surface area contributed by atoms with Crippen LogP contribution in [0.1, 0.15) is 32.1 Å². The summed E-state index contributed by atoms with van der Waals surface area (Å²) in [7, 11) is 0. The topological polar surface area (TPSA) is 46.8 Å². The van der Waals surface area contributed by atoms with Crippen molar-refractivity contribution >= 4 is 21.9 Å². The second kappa shape index (κ2) is 7.02. The second-order valence-corrected chi connectivity index (χ2v) is 6.19. The van der Waals surface area contributed by atoms with Crippen LogP contribution >= 0.6 is 15.9 Å². The maximum absolute atomic E-state index is 4.29. The molecule has 1 aromatic heterocycles. The fourth-order valence-corrected chi connectivity index (χ4v) is 3.41. The highest BCUT2D eigenvalue weighted by molar-refractivity contribution is 9.09. The van der Waals surface area contributed by atoms with E-state index in [-0.39, 0.29) is 0 Å². The molecule has 0 bridgehead atoms. The molecule has 0 amide bonds. The van der Waals surface area contributed by atoms with E-state index in [1.807, 2.05) is 35.0 Å². The Hall–Kier alpha value is -1.43. The lowest BCUT2D eigenvalue weighted by atomic mass is 9.94. The Balaban J connectivity index is 1.91. The molecule has 21 heavy (non-hydrogen) atoms. The first-order valence-electron chi connectivity index (χ1n) is 7.56. The van der Waals surface area contributed by atoms with E-state index in [0.29, 0.717) is 6.04 Å². The van der Waals surface area contributed by atoms with Crippen LogP contribution in [-0.4, -0.2) is 38.1 Å². The highest BCUT2D eigenvalue weighted by Gasteiger charge is 2.25. The highest BCUT2D eigenvalue weighted by atomic mass is 79.9. The summed E-state index contributed by atoms with van der Waals surface area (Å²) in [5.41, 5.74) is 1.01. The molecule has 0 unspecified atom stereocenters. The van der Waals surface area contributed by atoms with E-state index in [0.717, 1.165) is 23.5 Å². The highest BCUT2D eigenvalue weighted by Crippen LogP contribution is 2.27. The number of hydrogen-bond donors (Lipinski definition) is 0. The molecule has 1 saturated carbocycles. The number of hydrogen-bond acceptors (Lipinski definition) is 4. The number of rotatable bonds is 5. The van der Waals surface area contributed by atoms with Crippen molar-refractivity contribution in [3.05, 3.63) is 30.3 Å². The van der Waals surface area contributed by atoms with E-state index < -0.39 is 0 Å². The number of anilines is 1. The lowest BCUT2D eigenvalue weighted by Crippen LogP contribution is -2.40. The quantitative estimate of drug-likeness (QED) is 0.777. The van der Waals surface area contributed by atoms with Gasteiger partial charge in [0.2, 0.25) is 0 Å². The summed E-state index contributed by atoms with van der Waals surface area (Å²) in [6.45, 7) is 0.928. The van der Waals surface area contributed by atoms with Gasteiger partial charge in [-0.1, -0.05) is 58.5 Å². The van der Waals surface area contributed by atoms with Crippen molar-refractivity contribution in [1.82, 2.24) is 20.2 Å². The number of halogens is 1. The van der Waals surface area contributed by atoms with Gasteiger partial charge in [0.15, 0.2) is 0 Å². The van der Waals surface area contributed by atoms with Crippen LogP contribution in [0, 0.1) is 0 Å². The van der Waals surface area contributed by atoms with Crippen LogP contribution in [0.3, 0.4) is 0 Å². The number of nitrogens with zero attached hydrogens (tertiary/aromatic N) is 5. The van der Waals surface area contributed by atoms with Crippen molar-refractivity contribution in [1.29, 1.82) is 0 Å².